The Hall–Kier alpha value is -2.05. The third-order valence-corrected chi connectivity index (χ3v) is 2.10. The summed E-state index contributed by atoms with van der Waals surface area (Å²) in [6.45, 7) is 3.34. The minimum absolute atomic E-state index is 0.000567. The number of carboxylic acid groups (broad SMARTS) is 1. The van der Waals surface area contributed by atoms with Crippen LogP contribution in [0.1, 0.15) is 0 Å². The van der Waals surface area contributed by atoms with Gasteiger partial charge in [0, 0.05) is 6.54 Å². The van der Waals surface area contributed by atoms with Gasteiger partial charge in [-0.3, -0.25) is 9.59 Å². The lowest BCUT2D eigenvalue weighted by Crippen LogP contribution is -2.45. The Morgan fingerprint density at radius 3 is 2.94 bits per heavy atom. The van der Waals surface area contributed by atoms with E-state index >= 15 is 0 Å². The fourth-order valence-corrected chi connectivity index (χ4v) is 1.32. The molecule has 1 rings (SSSR count). The maximum Gasteiger partial charge on any atom is 0.408 e. The fourth-order valence-electron chi connectivity index (χ4n) is 1.32. The lowest BCUT2D eigenvalue weighted by molar-refractivity contribution is -0.142. The molecule has 1 aliphatic heterocycles. The Kier molecular flexibility index (Phi) is 3.87. The van der Waals surface area contributed by atoms with Crippen LogP contribution in [0.3, 0.4) is 0 Å². The number of alkyl carbamates (subject to hydrolysis) is 1. The van der Waals surface area contributed by atoms with Gasteiger partial charge < -0.3 is 20.5 Å². The Morgan fingerprint density at radius 2 is 2.38 bits per heavy atom. The number of hydrogen-bond acceptors (Lipinski definition) is 4. The summed E-state index contributed by atoms with van der Waals surface area (Å²) in [7, 11) is 0. The summed E-state index contributed by atoms with van der Waals surface area (Å²) < 4.78 is 4.59. The van der Waals surface area contributed by atoms with Crippen molar-refractivity contribution in [3.05, 3.63) is 12.7 Å². The lowest BCUT2D eigenvalue weighted by atomic mass is 10.0. The maximum atomic E-state index is 11.2. The molecular formula is C9H12N2O5. The molecule has 2 atom stereocenters. The first-order valence-electron chi connectivity index (χ1n) is 4.61. The number of hydrogen-bond donors (Lipinski definition) is 3. The molecule has 0 unspecified atom stereocenters. The number of aliphatic carboxylic acids is 1. The van der Waals surface area contributed by atoms with Crippen LogP contribution in [0.15, 0.2) is 12.7 Å². The van der Waals surface area contributed by atoms with Gasteiger partial charge in [-0.2, -0.15) is 0 Å². The zero-order valence-electron chi connectivity index (χ0n) is 8.43. The van der Waals surface area contributed by atoms with Crippen LogP contribution in [0.2, 0.25) is 0 Å². The summed E-state index contributed by atoms with van der Waals surface area (Å²) in [6.07, 6.45) is 0.524. The topological polar surface area (TPSA) is 105 Å². The summed E-state index contributed by atoms with van der Waals surface area (Å²) in [5.41, 5.74) is 0. The van der Waals surface area contributed by atoms with Crippen LogP contribution in [0, 0.1) is 5.92 Å². The van der Waals surface area contributed by atoms with Crippen molar-refractivity contribution >= 4 is 18.0 Å². The third kappa shape index (κ3) is 2.72. The molecule has 1 fully saturated rings. The van der Waals surface area contributed by atoms with Crippen LogP contribution in [0.4, 0.5) is 4.79 Å². The number of rotatable bonds is 4. The van der Waals surface area contributed by atoms with Crippen molar-refractivity contribution in [3.63, 3.8) is 0 Å². The highest BCUT2D eigenvalue weighted by Gasteiger charge is 2.40. The van der Waals surface area contributed by atoms with Gasteiger partial charge in [0.1, 0.15) is 18.6 Å². The van der Waals surface area contributed by atoms with Gasteiger partial charge in [-0.05, 0) is 0 Å². The van der Waals surface area contributed by atoms with E-state index in [0.717, 1.165) is 0 Å². The molecule has 88 valence electrons. The van der Waals surface area contributed by atoms with E-state index < -0.39 is 29.9 Å². The second kappa shape index (κ2) is 5.15. The molecule has 7 heteroatoms. The van der Waals surface area contributed by atoms with Crippen molar-refractivity contribution in [2.45, 2.75) is 6.04 Å². The van der Waals surface area contributed by atoms with Crippen LogP contribution >= 0.6 is 0 Å². The van der Waals surface area contributed by atoms with Crippen molar-refractivity contribution in [2.75, 3.05) is 13.2 Å². The van der Waals surface area contributed by atoms with Crippen LogP contribution in [0.5, 0.6) is 0 Å². The Labute approximate surface area is 91.5 Å². The quantitative estimate of drug-likeness (QED) is 0.541. The van der Waals surface area contributed by atoms with Crippen LogP contribution in [-0.2, 0) is 14.3 Å². The SMILES string of the molecule is C=CCOC(=O)N[C@@H]1C(=O)NC[C@H]1C(=O)O. The van der Waals surface area contributed by atoms with Gasteiger partial charge in [-0.15, -0.1) is 0 Å². The Bertz CT molecular complexity index is 328. The maximum absolute atomic E-state index is 11.2. The highest BCUT2D eigenvalue weighted by molar-refractivity contribution is 5.93. The molecule has 0 spiro atoms. The number of carboxylic acids is 1. The van der Waals surface area contributed by atoms with E-state index in [1.165, 1.54) is 6.08 Å². The van der Waals surface area contributed by atoms with Crippen molar-refractivity contribution in [2.24, 2.45) is 5.92 Å². The molecule has 1 heterocycles. The first-order chi connectivity index (χ1) is 7.56. The lowest BCUT2D eigenvalue weighted by Gasteiger charge is -2.14. The Balaban J connectivity index is 2.56. The molecular weight excluding hydrogens is 216 g/mol. The first kappa shape index (κ1) is 12.0. The minimum Gasteiger partial charge on any atom is -0.481 e. The molecule has 0 radical (unpaired) electrons. The number of carbonyl (C=O) groups excluding carboxylic acids is 2. The Morgan fingerprint density at radius 1 is 1.69 bits per heavy atom. The van der Waals surface area contributed by atoms with Gasteiger partial charge in [0.25, 0.3) is 0 Å². The van der Waals surface area contributed by atoms with Crippen LogP contribution in [0.25, 0.3) is 0 Å². The molecule has 0 aromatic carbocycles. The van der Waals surface area contributed by atoms with Gasteiger partial charge in [0.2, 0.25) is 5.91 Å². The molecule has 0 aromatic rings. The molecule has 2 amide bonds. The second-order valence-electron chi connectivity index (χ2n) is 3.20. The minimum atomic E-state index is -1.15. The average molecular weight is 228 g/mol. The van der Waals surface area contributed by atoms with E-state index in [9.17, 15) is 14.4 Å². The summed E-state index contributed by atoms with van der Waals surface area (Å²) in [5.74, 6) is -2.64. The van der Waals surface area contributed by atoms with E-state index in [1.54, 1.807) is 0 Å². The van der Waals surface area contributed by atoms with E-state index in [1.807, 2.05) is 0 Å². The fraction of sp³-hybridized carbons (Fsp3) is 0.444. The van der Waals surface area contributed by atoms with Gasteiger partial charge in [0.15, 0.2) is 0 Å². The van der Waals surface area contributed by atoms with E-state index in [0.29, 0.717) is 0 Å². The van der Waals surface area contributed by atoms with Crippen LogP contribution < -0.4 is 10.6 Å². The normalized spacial score (nSPS) is 23.4. The number of amides is 2. The predicted octanol–water partition coefficient (Wildman–Crippen LogP) is -0.902. The standard InChI is InChI=1S/C9H12N2O5/c1-2-3-16-9(15)11-6-5(8(13)14)4-10-7(6)12/h2,5-6H,1,3-4H2,(H,10,12)(H,11,15)(H,13,14)/t5-,6+/m1/s1. The summed E-state index contributed by atoms with van der Waals surface area (Å²) in [5, 5.41) is 13.3. The second-order valence-corrected chi connectivity index (χ2v) is 3.20. The molecule has 0 aliphatic carbocycles. The molecule has 16 heavy (non-hydrogen) atoms. The average Bonchev–Trinajstić information content (AvgIpc) is 2.58. The number of nitrogens with one attached hydrogen (secondary N) is 2. The zero-order valence-corrected chi connectivity index (χ0v) is 8.43. The highest BCUT2D eigenvalue weighted by Crippen LogP contribution is 2.10. The van der Waals surface area contributed by atoms with Crippen molar-refractivity contribution < 1.29 is 24.2 Å². The van der Waals surface area contributed by atoms with E-state index in [2.05, 4.69) is 21.9 Å². The summed E-state index contributed by atoms with van der Waals surface area (Å²) in [6, 6.07) is -1.09. The largest absolute Gasteiger partial charge is 0.481 e. The third-order valence-electron chi connectivity index (χ3n) is 2.10. The summed E-state index contributed by atoms with van der Waals surface area (Å²) >= 11 is 0. The van der Waals surface area contributed by atoms with Crippen molar-refractivity contribution in [1.29, 1.82) is 0 Å². The van der Waals surface area contributed by atoms with Crippen molar-refractivity contribution in [3.8, 4) is 0 Å². The number of carbonyl (C=O) groups is 3. The van der Waals surface area contributed by atoms with Gasteiger partial charge in [0.05, 0.1) is 0 Å². The zero-order chi connectivity index (χ0) is 12.1. The molecule has 0 saturated carbocycles. The molecule has 3 N–H and O–H groups in total. The molecule has 0 bridgehead atoms. The molecule has 1 aliphatic rings. The van der Waals surface area contributed by atoms with Gasteiger partial charge in [-0.25, -0.2) is 4.79 Å². The van der Waals surface area contributed by atoms with Gasteiger partial charge >= 0.3 is 12.1 Å². The van der Waals surface area contributed by atoms with Crippen molar-refractivity contribution in [1.82, 2.24) is 10.6 Å². The monoisotopic (exact) mass is 228 g/mol. The van der Waals surface area contributed by atoms with Gasteiger partial charge in [-0.1, -0.05) is 12.7 Å². The predicted molar refractivity (Wildman–Crippen MR) is 52.6 cm³/mol. The molecule has 7 nitrogen and oxygen atoms in total. The molecule has 1 saturated heterocycles. The highest BCUT2D eigenvalue weighted by atomic mass is 16.5. The smallest absolute Gasteiger partial charge is 0.408 e. The molecule has 0 aromatic heterocycles. The summed E-state index contributed by atoms with van der Waals surface area (Å²) in [4.78, 5) is 33.1. The van der Waals surface area contributed by atoms with E-state index in [4.69, 9.17) is 5.11 Å². The first-order valence-corrected chi connectivity index (χ1v) is 4.61. The van der Waals surface area contributed by atoms with Crippen LogP contribution in [-0.4, -0.2) is 42.3 Å². The number of ether oxygens (including phenoxy) is 1. The van der Waals surface area contributed by atoms with E-state index in [-0.39, 0.29) is 13.2 Å².